The Morgan fingerprint density at radius 2 is 1.88 bits per heavy atom. The fraction of sp³-hybridized carbons (Fsp3) is 0.895. The zero-order chi connectivity index (χ0) is 18.2. The van der Waals surface area contributed by atoms with Crippen LogP contribution in [0.4, 0.5) is 0 Å². The molecular formula is C19H34N2O4. The zero-order valence-electron chi connectivity index (χ0n) is 16.0. The molecule has 1 aliphatic heterocycles. The third kappa shape index (κ3) is 6.59. The first-order valence-electron chi connectivity index (χ1n) is 9.66. The second-order valence-corrected chi connectivity index (χ2v) is 7.61. The molecule has 2 rings (SSSR count). The molecule has 25 heavy (non-hydrogen) atoms. The molecule has 2 aliphatic rings. The smallest absolute Gasteiger partial charge is 0.306 e. The molecule has 144 valence electrons. The van der Waals surface area contributed by atoms with E-state index in [-0.39, 0.29) is 18.0 Å². The standard InChI is InChI=1S/C19H34N2O4/c1-15-6-8-16(9-7-15)20(2)18(22)14-21(11-10-19(23)24-3)13-17-5-4-12-25-17/h15-17H,4-14H2,1-3H3. The molecule has 1 saturated carbocycles. The van der Waals surface area contributed by atoms with Crippen LogP contribution in [0, 0.1) is 5.92 Å². The van der Waals surface area contributed by atoms with Crippen LogP contribution in [-0.2, 0) is 19.1 Å². The van der Waals surface area contributed by atoms with Gasteiger partial charge in [-0.3, -0.25) is 14.5 Å². The SMILES string of the molecule is COC(=O)CCN(CC(=O)N(C)C1CCC(C)CC1)CC1CCCO1. The van der Waals surface area contributed by atoms with E-state index in [9.17, 15) is 9.59 Å². The van der Waals surface area contributed by atoms with E-state index in [1.165, 1.54) is 20.0 Å². The van der Waals surface area contributed by atoms with E-state index in [0.29, 0.717) is 32.1 Å². The summed E-state index contributed by atoms with van der Waals surface area (Å²) in [6, 6.07) is 0.355. The average Bonchev–Trinajstić information content (AvgIpc) is 3.12. The van der Waals surface area contributed by atoms with Crippen molar-refractivity contribution in [2.24, 2.45) is 5.92 Å². The Bertz CT molecular complexity index is 429. The first kappa shape index (κ1) is 20.2. The van der Waals surface area contributed by atoms with Crippen molar-refractivity contribution < 1.29 is 19.1 Å². The van der Waals surface area contributed by atoms with E-state index < -0.39 is 0 Å². The molecule has 1 amide bonds. The number of hydrogen-bond donors (Lipinski definition) is 0. The lowest BCUT2D eigenvalue weighted by Gasteiger charge is -2.35. The molecule has 0 aromatic carbocycles. The molecule has 0 bridgehead atoms. The minimum Gasteiger partial charge on any atom is -0.469 e. The van der Waals surface area contributed by atoms with Crippen LogP contribution in [0.2, 0.25) is 0 Å². The predicted molar refractivity (Wildman–Crippen MR) is 96.2 cm³/mol. The first-order chi connectivity index (χ1) is 12.0. The predicted octanol–water partition coefficient (Wildman–Crippen LogP) is 2.07. The van der Waals surface area contributed by atoms with Crippen molar-refractivity contribution in [1.82, 2.24) is 9.80 Å². The molecule has 1 heterocycles. The van der Waals surface area contributed by atoms with Crippen molar-refractivity contribution in [1.29, 1.82) is 0 Å². The van der Waals surface area contributed by atoms with Gasteiger partial charge in [-0.1, -0.05) is 6.92 Å². The highest BCUT2D eigenvalue weighted by atomic mass is 16.5. The normalized spacial score (nSPS) is 26.6. The molecule has 1 aliphatic carbocycles. The van der Waals surface area contributed by atoms with Gasteiger partial charge >= 0.3 is 5.97 Å². The second-order valence-electron chi connectivity index (χ2n) is 7.61. The van der Waals surface area contributed by atoms with Crippen molar-refractivity contribution in [2.75, 3.05) is 40.4 Å². The van der Waals surface area contributed by atoms with Gasteiger partial charge in [0.1, 0.15) is 0 Å². The zero-order valence-corrected chi connectivity index (χ0v) is 16.0. The maximum absolute atomic E-state index is 12.7. The van der Waals surface area contributed by atoms with Crippen LogP contribution in [0.15, 0.2) is 0 Å². The van der Waals surface area contributed by atoms with Crippen LogP contribution in [-0.4, -0.2) is 74.2 Å². The van der Waals surface area contributed by atoms with Gasteiger partial charge in [0, 0.05) is 32.8 Å². The lowest BCUT2D eigenvalue weighted by molar-refractivity contribution is -0.142. The molecule has 6 nitrogen and oxygen atoms in total. The maximum Gasteiger partial charge on any atom is 0.306 e. The number of esters is 1. The van der Waals surface area contributed by atoms with Gasteiger partial charge in [-0.2, -0.15) is 0 Å². The highest BCUT2D eigenvalue weighted by molar-refractivity contribution is 5.78. The lowest BCUT2D eigenvalue weighted by Crippen LogP contribution is -2.46. The van der Waals surface area contributed by atoms with Crippen molar-refractivity contribution >= 4 is 11.9 Å². The minimum atomic E-state index is -0.237. The van der Waals surface area contributed by atoms with Gasteiger partial charge in [0.15, 0.2) is 0 Å². The minimum absolute atomic E-state index is 0.141. The van der Waals surface area contributed by atoms with Crippen LogP contribution >= 0.6 is 0 Å². The van der Waals surface area contributed by atoms with E-state index in [1.807, 2.05) is 11.9 Å². The van der Waals surface area contributed by atoms with E-state index in [2.05, 4.69) is 11.8 Å². The lowest BCUT2D eigenvalue weighted by atomic mass is 9.87. The Labute approximate surface area is 151 Å². The Hall–Kier alpha value is -1.14. The van der Waals surface area contributed by atoms with E-state index in [1.54, 1.807) is 0 Å². The molecule has 1 unspecified atom stereocenters. The van der Waals surface area contributed by atoms with Crippen molar-refractivity contribution in [3.63, 3.8) is 0 Å². The quantitative estimate of drug-likeness (QED) is 0.625. The highest BCUT2D eigenvalue weighted by Crippen LogP contribution is 2.26. The van der Waals surface area contributed by atoms with Crippen LogP contribution < -0.4 is 0 Å². The molecule has 1 saturated heterocycles. The van der Waals surface area contributed by atoms with Crippen LogP contribution in [0.1, 0.15) is 51.9 Å². The Balaban J connectivity index is 1.86. The number of ether oxygens (including phenoxy) is 2. The average molecular weight is 354 g/mol. The number of carbonyl (C=O) groups excluding carboxylic acids is 2. The summed E-state index contributed by atoms with van der Waals surface area (Å²) in [5, 5.41) is 0. The fourth-order valence-electron chi connectivity index (χ4n) is 3.80. The van der Waals surface area contributed by atoms with Crippen LogP contribution in [0.5, 0.6) is 0 Å². The number of nitrogens with zero attached hydrogens (tertiary/aromatic N) is 2. The molecular weight excluding hydrogens is 320 g/mol. The number of amides is 1. The van der Waals surface area contributed by atoms with Gasteiger partial charge in [0.25, 0.3) is 0 Å². The fourth-order valence-corrected chi connectivity index (χ4v) is 3.80. The third-order valence-electron chi connectivity index (χ3n) is 5.63. The number of likely N-dealkylation sites (N-methyl/N-ethyl adjacent to an activating group) is 1. The third-order valence-corrected chi connectivity index (χ3v) is 5.63. The summed E-state index contributed by atoms with van der Waals surface area (Å²) < 4.78 is 10.4. The van der Waals surface area contributed by atoms with Gasteiger partial charge in [-0.25, -0.2) is 0 Å². The summed E-state index contributed by atoms with van der Waals surface area (Å²) in [5.41, 5.74) is 0. The van der Waals surface area contributed by atoms with E-state index in [0.717, 1.165) is 38.2 Å². The van der Waals surface area contributed by atoms with Crippen LogP contribution in [0.3, 0.4) is 0 Å². The Morgan fingerprint density at radius 3 is 2.48 bits per heavy atom. The van der Waals surface area contributed by atoms with Gasteiger partial charge in [-0.05, 0) is 44.4 Å². The summed E-state index contributed by atoms with van der Waals surface area (Å²) in [6.07, 6.45) is 7.17. The second kappa shape index (κ2) is 10.1. The summed E-state index contributed by atoms with van der Waals surface area (Å²) in [6.45, 7) is 4.67. The van der Waals surface area contributed by atoms with Gasteiger partial charge in [0.2, 0.25) is 5.91 Å². The summed E-state index contributed by atoms with van der Waals surface area (Å²) in [4.78, 5) is 28.2. The summed E-state index contributed by atoms with van der Waals surface area (Å²) in [5.74, 6) is 0.678. The number of rotatable bonds is 8. The van der Waals surface area contributed by atoms with Crippen molar-refractivity contribution in [2.45, 2.75) is 64.0 Å². The van der Waals surface area contributed by atoms with Crippen LogP contribution in [0.25, 0.3) is 0 Å². The first-order valence-corrected chi connectivity index (χ1v) is 9.66. The topological polar surface area (TPSA) is 59.1 Å². The van der Waals surface area contributed by atoms with E-state index in [4.69, 9.17) is 9.47 Å². The number of methoxy groups -OCH3 is 1. The van der Waals surface area contributed by atoms with Gasteiger partial charge in [0.05, 0.1) is 26.2 Å². The molecule has 0 N–H and O–H groups in total. The molecule has 0 aromatic heterocycles. The largest absolute Gasteiger partial charge is 0.469 e. The molecule has 1 atom stereocenters. The molecule has 0 spiro atoms. The number of hydrogen-bond acceptors (Lipinski definition) is 5. The molecule has 2 fully saturated rings. The summed E-state index contributed by atoms with van der Waals surface area (Å²) >= 11 is 0. The number of carbonyl (C=O) groups is 2. The van der Waals surface area contributed by atoms with Crippen molar-refractivity contribution in [3.8, 4) is 0 Å². The Kier molecular flexibility index (Phi) is 8.16. The monoisotopic (exact) mass is 354 g/mol. The molecule has 6 heteroatoms. The summed E-state index contributed by atoms with van der Waals surface area (Å²) in [7, 11) is 3.32. The maximum atomic E-state index is 12.7. The highest BCUT2D eigenvalue weighted by Gasteiger charge is 2.27. The van der Waals surface area contributed by atoms with Gasteiger partial charge in [-0.15, -0.1) is 0 Å². The van der Waals surface area contributed by atoms with Crippen molar-refractivity contribution in [3.05, 3.63) is 0 Å². The van der Waals surface area contributed by atoms with Gasteiger partial charge < -0.3 is 14.4 Å². The van der Waals surface area contributed by atoms with E-state index >= 15 is 0 Å². The molecule has 0 aromatic rings. The molecule has 0 radical (unpaired) electrons. The Morgan fingerprint density at radius 1 is 1.16 bits per heavy atom.